The third-order valence-corrected chi connectivity index (χ3v) is 3.49. The largest absolute Gasteiger partial charge is 0.480 e. The second-order valence-corrected chi connectivity index (χ2v) is 4.87. The first kappa shape index (κ1) is 13.2. The molecule has 0 aliphatic heterocycles. The fourth-order valence-corrected chi connectivity index (χ4v) is 2.23. The molecule has 7 nitrogen and oxygen atoms in total. The summed E-state index contributed by atoms with van der Waals surface area (Å²) in [7, 11) is 0. The summed E-state index contributed by atoms with van der Waals surface area (Å²) < 4.78 is 1.15. The molecule has 0 saturated carbocycles. The fourth-order valence-electron chi connectivity index (χ4n) is 1.45. The van der Waals surface area contributed by atoms with Crippen molar-refractivity contribution in [1.29, 1.82) is 0 Å². The minimum Gasteiger partial charge on any atom is -0.480 e. The highest BCUT2D eigenvalue weighted by Gasteiger charge is 2.17. The van der Waals surface area contributed by atoms with Crippen LogP contribution in [0, 0.1) is 0 Å². The minimum atomic E-state index is -1.02. The van der Waals surface area contributed by atoms with Crippen LogP contribution in [0.15, 0.2) is 23.8 Å². The summed E-state index contributed by atoms with van der Waals surface area (Å²) in [5.74, 6) is -1.44. The monoisotopic (exact) mass is 280 g/mol. The molecule has 0 radical (unpaired) electrons. The summed E-state index contributed by atoms with van der Waals surface area (Å²) in [6.45, 7) is 1.50. The van der Waals surface area contributed by atoms with Crippen LogP contribution in [0.25, 0.3) is 0 Å². The Kier molecular flexibility index (Phi) is 3.91. The second-order valence-electron chi connectivity index (χ2n) is 3.89. The minimum absolute atomic E-state index is 0.106. The number of hydrogen-bond acceptors (Lipinski definition) is 5. The van der Waals surface area contributed by atoms with E-state index in [1.165, 1.54) is 17.7 Å². The van der Waals surface area contributed by atoms with Crippen molar-refractivity contribution in [3.63, 3.8) is 0 Å². The maximum atomic E-state index is 11.9. The van der Waals surface area contributed by atoms with Gasteiger partial charge < -0.3 is 5.11 Å². The highest BCUT2D eigenvalue weighted by molar-refractivity contribution is 7.10. The third-order valence-electron chi connectivity index (χ3n) is 2.43. The van der Waals surface area contributed by atoms with Gasteiger partial charge in [0.05, 0.1) is 5.92 Å². The van der Waals surface area contributed by atoms with Crippen LogP contribution >= 0.6 is 11.3 Å². The zero-order valence-corrected chi connectivity index (χ0v) is 10.9. The molecule has 1 unspecified atom stereocenters. The van der Waals surface area contributed by atoms with E-state index >= 15 is 0 Å². The normalized spacial score (nSPS) is 12.1. The van der Waals surface area contributed by atoms with Crippen LogP contribution in [0.5, 0.6) is 0 Å². The highest BCUT2D eigenvalue weighted by Crippen LogP contribution is 2.21. The van der Waals surface area contributed by atoms with Gasteiger partial charge in [-0.25, -0.2) is 9.67 Å². The van der Waals surface area contributed by atoms with Gasteiger partial charge in [-0.15, -0.1) is 16.4 Å². The van der Waals surface area contributed by atoms with Crippen molar-refractivity contribution in [2.24, 2.45) is 0 Å². The number of carbonyl (C=O) groups is 2. The number of nitrogens with zero attached hydrogens (tertiary/aromatic N) is 3. The molecule has 1 atom stereocenters. The average Bonchev–Trinajstić information content (AvgIpc) is 2.98. The standard InChI is InChI=1S/C11H12N4O3S/c1-7(8-3-2-4-19-8)10(18)13-11-12-6-15(14-11)5-9(16)17/h2-4,6-7H,5H2,1H3,(H,16,17)(H,13,14,18). The number of hydrogen-bond donors (Lipinski definition) is 2. The molecule has 0 fully saturated rings. The molecule has 2 rings (SSSR count). The van der Waals surface area contributed by atoms with E-state index in [1.807, 2.05) is 17.5 Å². The van der Waals surface area contributed by atoms with Crippen LogP contribution in [0.1, 0.15) is 17.7 Å². The van der Waals surface area contributed by atoms with Gasteiger partial charge in [0, 0.05) is 4.88 Å². The van der Waals surface area contributed by atoms with Gasteiger partial charge in [0.25, 0.3) is 0 Å². The van der Waals surface area contributed by atoms with E-state index in [-0.39, 0.29) is 24.3 Å². The van der Waals surface area contributed by atoms with Crippen LogP contribution in [0.2, 0.25) is 0 Å². The molecule has 100 valence electrons. The molecule has 0 aliphatic rings. The lowest BCUT2D eigenvalue weighted by Gasteiger charge is -2.07. The molecule has 0 aliphatic carbocycles. The van der Waals surface area contributed by atoms with Gasteiger partial charge in [0.15, 0.2) is 0 Å². The maximum Gasteiger partial charge on any atom is 0.325 e. The number of thiophene rings is 1. The van der Waals surface area contributed by atoms with E-state index in [4.69, 9.17) is 5.11 Å². The number of rotatable bonds is 5. The maximum absolute atomic E-state index is 11.9. The Labute approximate surface area is 112 Å². The lowest BCUT2D eigenvalue weighted by atomic mass is 10.1. The Balaban J connectivity index is 1.99. The Hall–Kier alpha value is -2.22. The predicted octanol–water partition coefficient (Wildman–Crippen LogP) is 1.17. The lowest BCUT2D eigenvalue weighted by Crippen LogP contribution is -2.19. The summed E-state index contributed by atoms with van der Waals surface area (Å²) in [5, 5.41) is 16.9. The van der Waals surface area contributed by atoms with Gasteiger partial charge in [-0.1, -0.05) is 6.07 Å². The van der Waals surface area contributed by atoms with Crippen molar-refractivity contribution in [3.8, 4) is 0 Å². The Bertz CT molecular complexity index is 579. The summed E-state index contributed by atoms with van der Waals surface area (Å²) in [6, 6.07) is 3.76. The molecule has 0 spiro atoms. The van der Waals surface area contributed by atoms with Gasteiger partial charge in [-0.05, 0) is 18.4 Å². The van der Waals surface area contributed by atoms with Gasteiger partial charge >= 0.3 is 5.97 Å². The predicted molar refractivity (Wildman–Crippen MR) is 69.0 cm³/mol. The van der Waals surface area contributed by atoms with Crippen molar-refractivity contribution in [2.45, 2.75) is 19.4 Å². The fraction of sp³-hybridized carbons (Fsp3) is 0.273. The molecule has 2 N–H and O–H groups in total. The number of nitrogens with one attached hydrogen (secondary N) is 1. The Morgan fingerprint density at radius 3 is 3.00 bits per heavy atom. The summed E-state index contributed by atoms with van der Waals surface area (Å²) >= 11 is 1.50. The van der Waals surface area contributed by atoms with Crippen molar-refractivity contribution in [1.82, 2.24) is 14.8 Å². The first-order valence-electron chi connectivity index (χ1n) is 5.52. The first-order chi connectivity index (χ1) is 9.06. The van der Waals surface area contributed by atoms with E-state index in [1.54, 1.807) is 6.92 Å². The molecular weight excluding hydrogens is 268 g/mol. The SMILES string of the molecule is CC(C(=O)Nc1ncn(CC(=O)O)n1)c1cccs1. The first-order valence-corrected chi connectivity index (χ1v) is 6.39. The highest BCUT2D eigenvalue weighted by atomic mass is 32.1. The molecule has 8 heteroatoms. The molecule has 2 aromatic rings. The van der Waals surface area contributed by atoms with Crippen molar-refractivity contribution < 1.29 is 14.7 Å². The van der Waals surface area contributed by atoms with E-state index < -0.39 is 5.97 Å². The van der Waals surface area contributed by atoms with Gasteiger partial charge in [-0.3, -0.25) is 14.9 Å². The van der Waals surface area contributed by atoms with E-state index in [2.05, 4.69) is 15.4 Å². The van der Waals surface area contributed by atoms with E-state index in [9.17, 15) is 9.59 Å². The zero-order valence-electron chi connectivity index (χ0n) is 10.1. The van der Waals surface area contributed by atoms with Gasteiger partial charge in [-0.2, -0.15) is 0 Å². The van der Waals surface area contributed by atoms with Crippen molar-refractivity contribution in [2.75, 3.05) is 5.32 Å². The van der Waals surface area contributed by atoms with E-state index in [0.717, 1.165) is 9.56 Å². The molecule has 0 aromatic carbocycles. The summed E-state index contributed by atoms with van der Waals surface area (Å²) in [5.41, 5.74) is 0. The average molecular weight is 280 g/mol. The topological polar surface area (TPSA) is 97.1 Å². The number of carbonyl (C=O) groups excluding carboxylic acids is 1. The van der Waals surface area contributed by atoms with E-state index in [0.29, 0.717) is 0 Å². The molecule has 0 bridgehead atoms. The number of aliphatic carboxylic acids is 1. The lowest BCUT2D eigenvalue weighted by molar-refractivity contribution is -0.137. The molecule has 2 aromatic heterocycles. The summed E-state index contributed by atoms with van der Waals surface area (Å²) in [6.07, 6.45) is 1.26. The number of carboxylic acids is 1. The van der Waals surface area contributed by atoms with Crippen LogP contribution < -0.4 is 5.32 Å². The van der Waals surface area contributed by atoms with Crippen LogP contribution in [-0.4, -0.2) is 31.7 Å². The number of carboxylic acid groups (broad SMARTS) is 1. The molecule has 0 saturated heterocycles. The zero-order chi connectivity index (χ0) is 13.8. The van der Waals surface area contributed by atoms with Gasteiger partial charge in [0.2, 0.25) is 11.9 Å². The second kappa shape index (κ2) is 5.61. The molecular formula is C11H12N4O3S. The van der Waals surface area contributed by atoms with Crippen molar-refractivity contribution >= 4 is 29.2 Å². The van der Waals surface area contributed by atoms with Gasteiger partial charge in [0.1, 0.15) is 12.9 Å². The van der Waals surface area contributed by atoms with Crippen LogP contribution in [0.4, 0.5) is 5.95 Å². The molecule has 19 heavy (non-hydrogen) atoms. The van der Waals surface area contributed by atoms with Crippen LogP contribution in [-0.2, 0) is 16.1 Å². The molecule has 1 amide bonds. The number of aromatic nitrogens is 3. The number of anilines is 1. The Morgan fingerprint density at radius 1 is 1.58 bits per heavy atom. The smallest absolute Gasteiger partial charge is 0.325 e. The third kappa shape index (κ3) is 3.38. The number of amides is 1. The van der Waals surface area contributed by atoms with Crippen molar-refractivity contribution in [3.05, 3.63) is 28.7 Å². The Morgan fingerprint density at radius 2 is 2.37 bits per heavy atom. The molecule has 2 heterocycles. The summed E-state index contributed by atoms with van der Waals surface area (Å²) in [4.78, 5) is 27.2. The van der Waals surface area contributed by atoms with Crippen LogP contribution in [0.3, 0.4) is 0 Å². The quantitative estimate of drug-likeness (QED) is 0.856.